The van der Waals surface area contributed by atoms with E-state index in [0.29, 0.717) is 17.1 Å². The molecule has 0 unspecified atom stereocenters. The first kappa shape index (κ1) is 17.4. The van der Waals surface area contributed by atoms with Gasteiger partial charge in [-0.2, -0.15) is 5.10 Å². The fraction of sp³-hybridized carbons (Fsp3) is 0.150. The van der Waals surface area contributed by atoms with E-state index in [9.17, 15) is 9.59 Å². The van der Waals surface area contributed by atoms with Crippen molar-refractivity contribution in [3.05, 3.63) is 76.6 Å². The van der Waals surface area contributed by atoms with E-state index in [2.05, 4.69) is 10.4 Å². The highest BCUT2D eigenvalue weighted by Gasteiger charge is 2.06. The van der Waals surface area contributed by atoms with Crippen molar-refractivity contribution in [2.45, 2.75) is 6.92 Å². The summed E-state index contributed by atoms with van der Waals surface area (Å²) in [5.74, 6) is 0.458. The van der Waals surface area contributed by atoms with Crippen molar-refractivity contribution < 1.29 is 9.53 Å². The average molecular weight is 349 g/mol. The van der Waals surface area contributed by atoms with Crippen LogP contribution in [0.25, 0.3) is 11.3 Å². The molecule has 0 bridgehead atoms. The van der Waals surface area contributed by atoms with Crippen molar-refractivity contribution in [3.8, 4) is 17.0 Å². The lowest BCUT2D eigenvalue weighted by molar-refractivity contribution is -0.118. The van der Waals surface area contributed by atoms with Crippen LogP contribution in [0.3, 0.4) is 0 Å². The Morgan fingerprint density at radius 3 is 2.50 bits per heavy atom. The third-order valence-electron chi connectivity index (χ3n) is 3.88. The summed E-state index contributed by atoms with van der Waals surface area (Å²) in [6, 6.07) is 17.9. The van der Waals surface area contributed by atoms with Crippen molar-refractivity contribution in [1.82, 2.24) is 9.78 Å². The van der Waals surface area contributed by atoms with Gasteiger partial charge in [0, 0.05) is 24.4 Å². The second-order valence-corrected chi connectivity index (χ2v) is 5.86. The molecule has 6 heteroatoms. The Morgan fingerprint density at radius 1 is 1.08 bits per heavy atom. The Balaban J connectivity index is 1.62. The molecule has 132 valence electrons. The van der Waals surface area contributed by atoms with Crippen LogP contribution in [-0.4, -0.2) is 22.3 Å². The van der Waals surface area contributed by atoms with Gasteiger partial charge in [0.1, 0.15) is 5.75 Å². The minimum atomic E-state index is -0.235. The van der Waals surface area contributed by atoms with Crippen molar-refractivity contribution in [2.24, 2.45) is 7.05 Å². The minimum absolute atomic E-state index is 0.0606. The zero-order chi connectivity index (χ0) is 18.5. The summed E-state index contributed by atoms with van der Waals surface area (Å²) in [4.78, 5) is 23.5. The number of nitrogens with zero attached hydrogens (tertiary/aromatic N) is 2. The topological polar surface area (TPSA) is 73.2 Å². The zero-order valence-electron chi connectivity index (χ0n) is 14.6. The second-order valence-electron chi connectivity index (χ2n) is 5.86. The molecular weight excluding hydrogens is 330 g/mol. The summed E-state index contributed by atoms with van der Waals surface area (Å²) >= 11 is 0. The van der Waals surface area contributed by atoms with Crippen LogP contribution in [0.1, 0.15) is 5.56 Å². The summed E-state index contributed by atoms with van der Waals surface area (Å²) < 4.78 is 6.82. The molecule has 0 spiro atoms. The lowest BCUT2D eigenvalue weighted by Crippen LogP contribution is -2.20. The summed E-state index contributed by atoms with van der Waals surface area (Å²) in [6.45, 7) is 1.87. The van der Waals surface area contributed by atoms with E-state index < -0.39 is 0 Å². The SMILES string of the molecule is Cc1ccccc1OCC(=O)Nc1ccc(-c2ccc(=O)n(C)n2)cc1. The molecule has 0 atom stereocenters. The minimum Gasteiger partial charge on any atom is -0.483 e. The zero-order valence-corrected chi connectivity index (χ0v) is 14.6. The molecule has 26 heavy (non-hydrogen) atoms. The maximum atomic E-state index is 12.0. The van der Waals surface area contributed by atoms with Gasteiger partial charge in [-0.15, -0.1) is 0 Å². The Bertz CT molecular complexity index is 978. The predicted octanol–water partition coefficient (Wildman–Crippen LogP) is 2.77. The van der Waals surface area contributed by atoms with E-state index in [1.807, 2.05) is 43.3 Å². The van der Waals surface area contributed by atoms with Gasteiger partial charge in [-0.25, -0.2) is 4.68 Å². The Kier molecular flexibility index (Phi) is 5.12. The number of nitrogens with one attached hydrogen (secondary N) is 1. The number of carbonyl (C=O) groups is 1. The van der Waals surface area contributed by atoms with E-state index in [0.717, 1.165) is 11.1 Å². The molecule has 1 aromatic heterocycles. The number of rotatable bonds is 5. The number of carbonyl (C=O) groups excluding carboxylic acids is 1. The van der Waals surface area contributed by atoms with Gasteiger partial charge in [0.15, 0.2) is 6.61 Å². The third-order valence-corrected chi connectivity index (χ3v) is 3.88. The fourth-order valence-electron chi connectivity index (χ4n) is 2.44. The highest BCUT2D eigenvalue weighted by molar-refractivity contribution is 5.92. The molecule has 0 saturated carbocycles. The molecule has 1 N–H and O–H groups in total. The predicted molar refractivity (Wildman–Crippen MR) is 100 cm³/mol. The van der Waals surface area contributed by atoms with Gasteiger partial charge >= 0.3 is 0 Å². The van der Waals surface area contributed by atoms with Crippen LogP contribution < -0.4 is 15.6 Å². The lowest BCUT2D eigenvalue weighted by atomic mass is 10.1. The van der Waals surface area contributed by atoms with Crippen molar-refractivity contribution in [3.63, 3.8) is 0 Å². The number of para-hydroxylation sites is 1. The van der Waals surface area contributed by atoms with Crippen LogP contribution in [0.4, 0.5) is 5.69 Å². The third kappa shape index (κ3) is 4.16. The number of aryl methyl sites for hydroxylation is 2. The quantitative estimate of drug-likeness (QED) is 0.769. The Morgan fingerprint density at radius 2 is 1.81 bits per heavy atom. The van der Waals surface area contributed by atoms with Gasteiger partial charge in [-0.05, 0) is 36.8 Å². The first-order valence-electron chi connectivity index (χ1n) is 8.16. The smallest absolute Gasteiger partial charge is 0.266 e. The molecular formula is C20H19N3O3. The molecule has 0 saturated heterocycles. The summed E-state index contributed by atoms with van der Waals surface area (Å²) in [6.07, 6.45) is 0. The van der Waals surface area contributed by atoms with Gasteiger partial charge in [0.2, 0.25) is 0 Å². The molecule has 3 aromatic rings. The second kappa shape index (κ2) is 7.65. The van der Waals surface area contributed by atoms with Crippen LogP contribution in [0.15, 0.2) is 65.5 Å². The Hall–Kier alpha value is -3.41. The highest BCUT2D eigenvalue weighted by Crippen LogP contribution is 2.19. The standard InChI is InChI=1S/C20H19N3O3/c1-14-5-3-4-6-18(14)26-13-19(24)21-16-9-7-15(8-10-16)17-11-12-20(25)23(2)22-17/h3-12H,13H2,1-2H3,(H,21,24). The molecule has 1 heterocycles. The maximum absolute atomic E-state index is 12.0. The molecule has 3 rings (SSSR count). The summed E-state index contributed by atoms with van der Waals surface area (Å²) in [5.41, 5.74) is 3.03. The molecule has 0 aliphatic rings. The monoisotopic (exact) mass is 349 g/mol. The molecule has 0 fully saturated rings. The van der Waals surface area contributed by atoms with Crippen LogP contribution in [0.2, 0.25) is 0 Å². The van der Waals surface area contributed by atoms with Crippen LogP contribution in [0, 0.1) is 6.92 Å². The first-order chi connectivity index (χ1) is 12.5. The number of aromatic nitrogens is 2. The van der Waals surface area contributed by atoms with Gasteiger partial charge in [-0.1, -0.05) is 30.3 Å². The molecule has 6 nitrogen and oxygen atoms in total. The fourth-order valence-corrected chi connectivity index (χ4v) is 2.44. The van der Waals surface area contributed by atoms with Gasteiger partial charge < -0.3 is 10.1 Å². The number of anilines is 1. The van der Waals surface area contributed by atoms with Gasteiger partial charge in [0.25, 0.3) is 11.5 Å². The molecule has 0 aliphatic carbocycles. The van der Waals surface area contributed by atoms with Gasteiger partial charge in [0.05, 0.1) is 5.69 Å². The van der Waals surface area contributed by atoms with Crippen LogP contribution in [-0.2, 0) is 11.8 Å². The van der Waals surface area contributed by atoms with Gasteiger partial charge in [-0.3, -0.25) is 9.59 Å². The summed E-state index contributed by atoms with van der Waals surface area (Å²) in [7, 11) is 1.61. The molecule has 2 aromatic carbocycles. The number of ether oxygens (including phenoxy) is 1. The first-order valence-corrected chi connectivity index (χ1v) is 8.16. The highest BCUT2D eigenvalue weighted by atomic mass is 16.5. The lowest BCUT2D eigenvalue weighted by Gasteiger charge is -2.10. The molecule has 1 amide bonds. The van der Waals surface area contributed by atoms with Crippen molar-refractivity contribution in [1.29, 1.82) is 0 Å². The molecule has 0 radical (unpaired) electrons. The average Bonchev–Trinajstić information content (AvgIpc) is 2.64. The van der Waals surface area contributed by atoms with E-state index in [-0.39, 0.29) is 18.1 Å². The number of benzene rings is 2. The number of hydrogen-bond donors (Lipinski definition) is 1. The van der Waals surface area contributed by atoms with E-state index in [1.54, 1.807) is 25.2 Å². The van der Waals surface area contributed by atoms with E-state index in [4.69, 9.17) is 4.74 Å². The maximum Gasteiger partial charge on any atom is 0.266 e. The largest absolute Gasteiger partial charge is 0.483 e. The number of amides is 1. The van der Waals surface area contributed by atoms with E-state index >= 15 is 0 Å². The Labute approximate surface area is 151 Å². The van der Waals surface area contributed by atoms with E-state index in [1.165, 1.54) is 10.7 Å². The molecule has 0 aliphatic heterocycles. The van der Waals surface area contributed by atoms with Crippen LogP contribution in [0.5, 0.6) is 5.75 Å². The van der Waals surface area contributed by atoms with Crippen molar-refractivity contribution >= 4 is 11.6 Å². The normalized spacial score (nSPS) is 10.4. The van der Waals surface area contributed by atoms with Crippen LogP contribution >= 0.6 is 0 Å². The summed E-state index contributed by atoms with van der Waals surface area (Å²) in [5, 5.41) is 6.99. The number of hydrogen-bond acceptors (Lipinski definition) is 4. The van der Waals surface area contributed by atoms with Crippen molar-refractivity contribution in [2.75, 3.05) is 11.9 Å².